The summed E-state index contributed by atoms with van der Waals surface area (Å²) in [6, 6.07) is 10.4. The van der Waals surface area contributed by atoms with Crippen molar-refractivity contribution in [2.75, 3.05) is 6.26 Å². The summed E-state index contributed by atoms with van der Waals surface area (Å²) in [5.74, 6) is -2.54. The molecule has 1 aliphatic heterocycles. The first-order valence-corrected chi connectivity index (χ1v) is 11.5. The van der Waals surface area contributed by atoms with E-state index in [0.717, 1.165) is 18.5 Å². The van der Waals surface area contributed by atoms with Crippen molar-refractivity contribution < 1.29 is 26.2 Å². The Kier molecular flexibility index (Phi) is 5.54. The molecule has 0 bridgehead atoms. The normalized spacial score (nSPS) is 18.1. The number of nitrogens with two attached hydrogens (primary N) is 1. The van der Waals surface area contributed by atoms with E-state index >= 15 is 0 Å². The highest BCUT2D eigenvalue weighted by molar-refractivity contribution is 7.86. The van der Waals surface area contributed by atoms with Crippen LogP contribution in [0.2, 0.25) is 5.02 Å². The second kappa shape index (κ2) is 8.09. The Balaban J connectivity index is 1.89. The number of nitrogens with zero attached hydrogens (tertiary/aromatic N) is 2. The van der Waals surface area contributed by atoms with E-state index < -0.39 is 33.3 Å². The molecule has 3 N–H and O–H groups in total. The van der Waals surface area contributed by atoms with Crippen LogP contribution < -0.4 is 15.2 Å². The molecule has 12 heteroatoms. The van der Waals surface area contributed by atoms with Crippen LogP contribution in [0.4, 0.5) is 8.78 Å². The first kappa shape index (κ1) is 22.6. The summed E-state index contributed by atoms with van der Waals surface area (Å²) < 4.78 is 56.6. The molecule has 1 amide bonds. The highest BCUT2D eigenvalue weighted by Crippen LogP contribution is 2.40. The predicted octanol–water partition coefficient (Wildman–Crippen LogP) is 2.71. The maximum atomic E-state index is 14.7. The monoisotopic (exact) mass is 492 g/mol. The lowest BCUT2D eigenvalue weighted by Crippen LogP contribution is -2.39. The first-order chi connectivity index (χ1) is 15.5. The molecular formula is C21H15ClF2N4O4S. The Morgan fingerprint density at radius 1 is 1.06 bits per heavy atom. The van der Waals surface area contributed by atoms with E-state index in [0.29, 0.717) is 0 Å². The molecule has 2 heterocycles. The molecule has 0 spiro atoms. The van der Waals surface area contributed by atoms with Crippen LogP contribution in [-0.4, -0.2) is 31.5 Å². The predicted molar refractivity (Wildman–Crippen MR) is 117 cm³/mol. The molecule has 1 unspecified atom stereocenters. The van der Waals surface area contributed by atoms with Gasteiger partial charge in [-0.05, 0) is 41.5 Å². The van der Waals surface area contributed by atoms with E-state index in [4.69, 9.17) is 21.5 Å². The maximum Gasteiger partial charge on any atom is 0.306 e. The lowest BCUT2D eigenvalue weighted by atomic mass is 9.82. The number of rotatable bonds is 5. The van der Waals surface area contributed by atoms with Gasteiger partial charge in [-0.3, -0.25) is 10.1 Å². The fourth-order valence-electron chi connectivity index (χ4n) is 3.52. The quantitative estimate of drug-likeness (QED) is 0.417. The Morgan fingerprint density at radius 2 is 1.73 bits per heavy atom. The van der Waals surface area contributed by atoms with Crippen LogP contribution in [-0.2, 0) is 20.5 Å². The van der Waals surface area contributed by atoms with Gasteiger partial charge < -0.3 is 9.92 Å². The van der Waals surface area contributed by atoms with Crippen molar-refractivity contribution in [2.45, 2.75) is 5.54 Å². The average Bonchev–Trinajstić information content (AvgIpc) is 3.04. The van der Waals surface area contributed by atoms with Crippen LogP contribution in [0.5, 0.6) is 5.75 Å². The van der Waals surface area contributed by atoms with Gasteiger partial charge in [-0.15, -0.1) is 0 Å². The number of aromatic nitrogens is 1. The molecule has 4 rings (SSSR count). The van der Waals surface area contributed by atoms with Gasteiger partial charge in [0.25, 0.3) is 5.91 Å². The molecule has 33 heavy (non-hydrogen) atoms. The molecule has 0 saturated carbocycles. The minimum Gasteiger partial charge on any atom is -0.383 e. The van der Waals surface area contributed by atoms with Gasteiger partial charge in [0, 0.05) is 17.3 Å². The standard InChI is InChI=1S/C21H15ClF2N4O4S/c1-33(30,31)32-14-5-2-11(3-6-14)21(19(29)27-20(25)28-21)12-4-7-17(23)15(8-12)16-9-13(22)10-26-18(16)24/h2-10H,1H3,(H3,25,27,28,29). The van der Waals surface area contributed by atoms with Crippen molar-refractivity contribution in [2.24, 2.45) is 10.7 Å². The number of pyridine rings is 1. The molecular weight excluding hydrogens is 478 g/mol. The van der Waals surface area contributed by atoms with E-state index in [1.807, 2.05) is 0 Å². The average molecular weight is 493 g/mol. The highest BCUT2D eigenvalue weighted by Gasteiger charge is 2.47. The second-order valence-electron chi connectivity index (χ2n) is 7.16. The largest absolute Gasteiger partial charge is 0.383 e. The molecule has 2 aromatic carbocycles. The van der Waals surface area contributed by atoms with Crippen LogP contribution in [0.25, 0.3) is 11.1 Å². The third kappa shape index (κ3) is 4.24. The zero-order valence-electron chi connectivity index (χ0n) is 16.8. The molecule has 170 valence electrons. The van der Waals surface area contributed by atoms with Crippen LogP contribution >= 0.6 is 11.6 Å². The molecule has 0 fully saturated rings. The summed E-state index contributed by atoms with van der Waals surface area (Å²) in [5.41, 5.74) is 4.07. The smallest absolute Gasteiger partial charge is 0.306 e. The van der Waals surface area contributed by atoms with Crippen molar-refractivity contribution in [1.29, 1.82) is 0 Å². The fraction of sp³-hybridized carbons (Fsp3) is 0.0952. The van der Waals surface area contributed by atoms with Gasteiger partial charge in [0.05, 0.1) is 11.3 Å². The summed E-state index contributed by atoms with van der Waals surface area (Å²) in [6.07, 6.45) is 1.97. The van der Waals surface area contributed by atoms with E-state index in [9.17, 15) is 22.0 Å². The summed E-state index contributed by atoms with van der Waals surface area (Å²) in [7, 11) is -3.77. The molecule has 1 aromatic heterocycles. The number of nitrogens with one attached hydrogen (secondary N) is 1. The number of carbonyl (C=O) groups is 1. The van der Waals surface area contributed by atoms with E-state index in [2.05, 4.69) is 15.3 Å². The molecule has 8 nitrogen and oxygen atoms in total. The minimum atomic E-state index is -3.77. The number of benzene rings is 2. The third-order valence-electron chi connectivity index (χ3n) is 4.86. The van der Waals surface area contributed by atoms with Crippen LogP contribution in [0.15, 0.2) is 59.7 Å². The second-order valence-corrected chi connectivity index (χ2v) is 9.17. The zero-order chi connectivity index (χ0) is 24.0. The number of carbonyl (C=O) groups excluding carboxylic acids is 1. The summed E-state index contributed by atoms with van der Waals surface area (Å²) >= 11 is 5.90. The topological polar surface area (TPSA) is 124 Å². The molecule has 0 aliphatic carbocycles. The van der Waals surface area contributed by atoms with E-state index in [1.54, 1.807) is 0 Å². The first-order valence-electron chi connectivity index (χ1n) is 9.28. The van der Waals surface area contributed by atoms with Gasteiger partial charge in [0.15, 0.2) is 11.5 Å². The lowest BCUT2D eigenvalue weighted by molar-refractivity contribution is -0.122. The van der Waals surface area contributed by atoms with Crippen LogP contribution in [0.1, 0.15) is 11.1 Å². The Morgan fingerprint density at radius 3 is 2.33 bits per heavy atom. The molecule has 1 atom stereocenters. The third-order valence-corrected chi connectivity index (χ3v) is 5.56. The van der Waals surface area contributed by atoms with Crippen molar-refractivity contribution in [3.8, 4) is 16.9 Å². The summed E-state index contributed by atoms with van der Waals surface area (Å²) in [5, 5.41) is 2.50. The molecule has 0 radical (unpaired) electrons. The van der Waals surface area contributed by atoms with Gasteiger partial charge in [0.1, 0.15) is 11.6 Å². The van der Waals surface area contributed by atoms with Crippen LogP contribution in [0.3, 0.4) is 0 Å². The summed E-state index contributed by atoms with van der Waals surface area (Å²) in [6.45, 7) is 0. The number of guanidine groups is 1. The van der Waals surface area contributed by atoms with Gasteiger partial charge in [-0.25, -0.2) is 14.4 Å². The maximum absolute atomic E-state index is 14.7. The van der Waals surface area contributed by atoms with Crippen LogP contribution in [0, 0.1) is 11.8 Å². The van der Waals surface area contributed by atoms with Crippen molar-refractivity contribution >= 4 is 33.6 Å². The lowest BCUT2D eigenvalue weighted by Gasteiger charge is -2.25. The number of aliphatic imine (C=N–C) groups is 1. The van der Waals surface area contributed by atoms with Gasteiger partial charge in [-0.2, -0.15) is 12.8 Å². The molecule has 1 aliphatic rings. The SMILES string of the molecule is CS(=O)(=O)Oc1ccc(C2(c3ccc(F)c(-c4cc(Cl)cnc4F)c3)N=C(N)NC2=O)cc1. The van der Waals surface area contributed by atoms with Gasteiger partial charge in [-0.1, -0.05) is 29.8 Å². The molecule has 3 aromatic rings. The van der Waals surface area contributed by atoms with Gasteiger partial charge >= 0.3 is 10.1 Å². The van der Waals surface area contributed by atoms with Crippen molar-refractivity contribution in [3.63, 3.8) is 0 Å². The number of halogens is 3. The Bertz CT molecular complexity index is 1410. The number of amides is 1. The van der Waals surface area contributed by atoms with E-state index in [-0.39, 0.29) is 39.0 Å². The minimum absolute atomic E-state index is 0.0126. The Labute approximate surface area is 192 Å². The van der Waals surface area contributed by atoms with Crippen molar-refractivity contribution in [1.82, 2.24) is 10.3 Å². The molecule has 0 saturated heterocycles. The number of hydrogen-bond acceptors (Lipinski definition) is 7. The van der Waals surface area contributed by atoms with Gasteiger partial charge in [0.2, 0.25) is 5.95 Å². The fourth-order valence-corrected chi connectivity index (χ4v) is 4.14. The van der Waals surface area contributed by atoms with Crippen molar-refractivity contribution in [3.05, 3.63) is 82.6 Å². The number of hydrogen-bond donors (Lipinski definition) is 2. The zero-order valence-corrected chi connectivity index (χ0v) is 18.4. The highest BCUT2D eigenvalue weighted by atomic mass is 35.5. The van der Waals surface area contributed by atoms with E-state index in [1.165, 1.54) is 42.5 Å². The summed E-state index contributed by atoms with van der Waals surface area (Å²) in [4.78, 5) is 20.8. The Hall–Kier alpha value is -3.57.